The number of rotatable bonds is 6. The average Bonchev–Trinajstić information content (AvgIpc) is 2.76. The number of guanidine groups is 1. The standard InChI is InChI=1S/C22H34ClN5O2.HI/c1-27(2)21(29)15-25-22(24-14-18-9-5-6-13-30-18)26-17-8-7-12-28(16-17)20-11-4-3-10-19(20)23;/h3-4,10-11,17-18H,5-9,12-16H2,1-2H3,(H2,24,25,26);1H. The van der Waals surface area contributed by atoms with Crippen molar-refractivity contribution in [1.82, 2.24) is 15.5 Å². The highest BCUT2D eigenvalue weighted by Crippen LogP contribution is 2.27. The third-order valence-corrected chi connectivity index (χ3v) is 5.92. The molecule has 2 fully saturated rings. The van der Waals surface area contributed by atoms with Gasteiger partial charge in [0.05, 0.1) is 16.8 Å². The second-order valence-electron chi connectivity index (χ2n) is 8.20. The highest BCUT2D eigenvalue weighted by atomic mass is 127. The summed E-state index contributed by atoms with van der Waals surface area (Å²) in [5, 5.41) is 7.71. The highest BCUT2D eigenvalue weighted by Gasteiger charge is 2.23. The minimum absolute atomic E-state index is 0. The van der Waals surface area contributed by atoms with Crippen molar-refractivity contribution < 1.29 is 9.53 Å². The van der Waals surface area contributed by atoms with Gasteiger partial charge in [-0.2, -0.15) is 0 Å². The van der Waals surface area contributed by atoms with Crippen LogP contribution in [0.1, 0.15) is 32.1 Å². The minimum Gasteiger partial charge on any atom is -0.376 e. The van der Waals surface area contributed by atoms with Crippen molar-refractivity contribution in [3.8, 4) is 0 Å². The van der Waals surface area contributed by atoms with Gasteiger partial charge in [-0.1, -0.05) is 23.7 Å². The summed E-state index contributed by atoms with van der Waals surface area (Å²) in [6, 6.07) is 8.19. The fraction of sp³-hybridized carbons (Fsp3) is 0.636. The molecule has 2 aliphatic rings. The maximum absolute atomic E-state index is 12.0. The molecule has 0 spiro atoms. The lowest BCUT2D eigenvalue weighted by atomic mass is 10.0. The normalized spacial score (nSPS) is 21.8. The fourth-order valence-electron chi connectivity index (χ4n) is 3.83. The molecule has 31 heavy (non-hydrogen) atoms. The quantitative estimate of drug-likeness (QED) is 0.316. The monoisotopic (exact) mass is 563 g/mol. The summed E-state index contributed by atoms with van der Waals surface area (Å²) in [5.41, 5.74) is 1.07. The van der Waals surface area contributed by atoms with E-state index in [-0.39, 0.29) is 48.6 Å². The lowest BCUT2D eigenvalue weighted by Crippen LogP contribution is -2.52. The van der Waals surface area contributed by atoms with Crippen molar-refractivity contribution in [3.05, 3.63) is 29.3 Å². The molecule has 0 bridgehead atoms. The van der Waals surface area contributed by atoms with E-state index in [4.69, 9.17) is 16.3 Å². The summed E-state index contributed by atoms with van der Waals surface area (Å²) in [5.74, 6) is 0.650. The smallest absolute Gasteiger partial charge is 0.243 e. The lowest BCUT2D eigenvalue weighted by Gasteiger charge is -2.36. The Morgan fingerprint density at radius 1 is 1.26 bits per heavy atom. The Bertz CT molecular complexity index is 728. The number of carbonyl (C=O) groups is 1. The number of likely N-dealkylation sites (N-methyl/N-ethyl adjacent to an activating group) is 1. The highest BCUT2D eigenvalue weighted by molar-refractivity contribution is 14.0. The minimum atomic E-state index is -0.0219. The molecule has 0 aliphatic carbocycles. The van der Waals surface area contributed by atoms with E-state index in [0.717, 1.165) is 56.1 Å². The molecule has 2 heterocycles. The number of piperidine rings is 1. The topological polar surface area (TPSA) is 69.2 Å². The molecular weight excluding hydrogens is 529 g/mol. The lowest BCUT2D eigenvalue weighted by molar-refractivity contribution is -0.127. The summed E-state index contributed by atoms with van der Waals surface area (Å²) in [6.45, 7) is 3.46. The van der Waals surface area contributed by atoms with Crippen LogP contribution in [0.4, 0.5) is 5.69 Å². The molecule has 3 rings (SSSR count). The van der Waals surface area contributed by atoms with E-state index in [1.54, 1.807) is 19.0 Å². The van der Waals surface area contributed by atoms with Gasteiger partial charge in [-0.05, 0) is 44.2 Å². The number of halogens is 2. The first-order valence-corrected chi connectivity index (χ1v) is 11.3. The predicted octanol–water partition coefficient (Wildman–Crippen LogP) is 3.12. The molecule has 1 aromatic carbocycles. The molecule has 1 aromatic rings. The van der Waals surface area contributed by atoms with Gasteiger partial charge in [0.1, 0.15) is 6.54 Å². The molecule has 0 aromatic heterocycles. The molecular formula is C22H35ClIN5O2. The van der Waals surface area contributed by atoms with E-state index in [2.05, 4.69) is 26.6 Å². The number of hydrogen-bond acceptors (Lipinski definition) is 4. The van der Waals surface area contributed by atoms with Crippen molar-refractivity contribution in [2.75, 3.05) is 51.8 Å². The van der Waals surface area contributed by atoms with Crippen LogP contribution in [0.3, 0.4) is 0 Å². The largest absolute Gasteiger partial charge is 0.376 e. The maximum Gasteiger partial charge on any atom is 0.243 e. The van der Waals surface area contributed by atoms with Gasteiger partial charge in [0.15, 0.2) is 5.96 Å². The van der Waals surface area contributed by atoms with Gasteiger partial charge >= 0.3 is 0 Å². The van der Waals surface area contributed by atoms with Crippen LogP contribution in [0.2, 0.25) is 5.02 Å². The maximum atomic E-state index is 12.0. The van der Waals surface area contributed by atoms with Crippen LogP contribution in [0.5, 0.6) is 0 Å². The Morgan fingerprint density at radius 3 is 2.77 bits per heavy atom. The molecule has 174 valence electrons. The van der Waals surface area contributed by atoms with Gasteiger partial charge in [0.25, 0.3) is 0 Å². The van der Waals surface area contributed by atoms with Crippen LogP contribution in [-0.2, 0) is 9.53 Å². The predicted molar refractivity (Wildman–Crippen MR) is 138 cm³/mol. The summed E-state index contributed by atoms with van der Waals surface area (Å²) in [7, 11) is 3.49. The van der Waals surface area contributed by atoms with E-state index < -0.39 is 0 Å². The molecule has 0 saturated carbocycles. The Morgan fingerprint density at radius 2 is 2.06 bits per heavy atom. The second-order valence-corrected chi connectivity index (χ2v) is 8.61. The van der Waals surface area contributed by atoms with Gasteiger partial charge in [-0.15, -0.1) is 24.0 Å². The van der Waals surface area contributed by atoms with Crippen LogP contribution in [0.15, 0.2) is 29.3 Å². The number of nitrogens with zero attached hydrogens (tertiary/aromatic N) is 3. The van der Waals surface area contributed by atoms with E-state index in [1.165, 1.54) is 6.42 Å². The summed E-state index contributed by atoms with van der Waals surface area (Å²) >= 11 is 6.41. The molecule has 2 saturated heterocycles. The molecule has 2 unspecified atom stereocenters. The van der Waals surface area contributed by atoms with E-state index in [1.807, 2.05) is 18.2 Å². The van der Waals surface area contributed by atoms with E-state index in [9.17, 15) is 4.79 Å². The fourth-order valence-corrected chi connectivity index (χ4v) is 4.09. The molecule has 2 aliphatic heterocycles. The van der Waals surface area contributed by atoms with Crippen LogP contribution in [0, 0.1) is 0 Å². The van der Waals surface area contributed by atoms with Gasteiger partial charge in [-0.3, -0.25) is 4.79 Å². The number of anilines is 1. The van der Waals surface area contributed by atoms with E-state index >= 15 is 0 Å². The number of hydrogen-bond donors (Lipinski definition) is 2. The summed E-state index contributed by atoms with van der Waals surface area (Å²) in [6.07, 6.45) is 5.69. The molecule has 2 atom stereocenters. The first kappa shape index (κ1) is 26.0. The SMILES string of the molecule is CN(C)C(=O)CN=C(NCC1CCCCO1)NC1CCCN(c2ccccc2Cl)C1.I. The zero-order valence-corrected chi connectivity index (χ0v) is 21.6. The van der Waals surface area contributed by atoms with Crippen LogP contribution < -0.4 is 15.5 Å². The molecule has 9 heteroatoms. The van der Waals surface area contributed by atoms with Gasteiger partial charge in [-0.25, -0.2) is 4.99 Å². The summed E-state index contributed by atoms with van der Waals surface area (Å²) in [4.78, 5) is 20.5. The van der Waals surface area contributed by atoms with Crippen LogP contribution in [0.25, 0.3) is 0 Å². The Balaban J connectivity index is 0.00000341. The van der Waals surface area contributed by atoms with Crippen molar-refractivity contribution in [2.24, 2.45) is 4.99 Å². The van der Waals surface area contributed by atoms with Crippen molar-refractivity contribution in [2.45, 2.75) is 44.2 Å². The van der Waals surface area contributed by atoms with Gasteiger partial charge < -0.3 is 25.2 Å². The Hall–Kier alpha value is -1.26. The number of carbonyl (C=O) groups excluding carboxylic acids is 1. The number of amides is 1. The van der Waals surface area contributed by atoms with Crippen molar-refractivity contribution >= 4 is 53.1 Å². The van der Waals surface area contributed by atoms with Crippen molar-refractivity contribution in [1.29, 1.82) is 0 Å². The number of aliphatic imine (C=N–C) groups is 1. The van der Waals surface area contributed by atoms with E-state index in [0.29, 0.717) is 12.5 Å². The Labute approximate surface area is 207 Å². The van der Waals surface area contributed by atoms with Gasteiger partial charge in [0.2, 0.25) is 5.91 Å². The third-order valence-electron chi connectivity index (χ3n) is 5.60. The first-order chi connectivity index (χ1) is 14.5. The number of para-hydroxylation sites is 1. The third kappa shape index (κ3) is 8.31. The van der Waals surface area contributed by atoms with Gasteiger partial charge in [0, 0.05) is 46.4 Å². The number of benzene rings is 1. The number of nitrogens with one attached hydrogen (secondary N) is 2. The second kappa shape index (κ2) is 13.3. The molecule has 0 radical (unpaired) electrons. The zero-order valence-electron chi connectivity index (χ0n) is 18.5. The van der Waals surface area contributed by atoms with Crippen LogP contribution in [-0.4, -0.2) is 75.8 Å². The number of ether oxygens (including phenoxy) is 1. The molecule has 1 amide bonds. The summed E-state index contributed by atoms with van der Waals surface area (Å²) < 4.78 is 5.83. The zero-order chi connectivity index (χ0) is 21.3. The average molecular weight is 564 g/mol. The molecule has 2 N–H and O–H groups in total. The van der Waals surface area contributed by atoms with Crippen LogP contribution >= 0.6 is 35.6 Å². The van der Waals surface area contributed by atoms with Crippen molar-refractivity contribution in [3.63, 3.8) is 0 Å². The molecule has 7 nitrogen and oxygen atoms in total. The Kier molecular flexibility index (Phi) is 11.2. The first-order valence-electron chi connectivity index (χ1n) is 10.9.